The van der Waals surface area contributed by atoms with Crippen LogP contribution in [0.25, 0.3) is 6.08 Å². The van der Waals surface area contributed by atoms with Crippen LogP contribution in [-0.4, -0.2) is 11.8 Å². The van der Waals surface area contributed by atoms with E-state index in [2.05, 4.69) is 79.3 Å². The van der Waals surface area contributed by atoms with E-state index in [1.165, 1.54) is 29.6 Å². The summed E-state index contributed by atoms with van der Waals surface area (Å²) in [6, 6.07) is 10.6. The summed E-state index contributed by atoms with van der Waals surface area (Å²) in [6.07, 6.45) is 9.16. The van der Waals surface area contributed by atoms with Crippen LogP contribution in [0.2, 0.25) is 0 Å². The fraction of sp³-hybridized carbons (Fsp3) is 0.312. The Morgan fingerprint density at radius 3 is 2.63 bits per heavy atom. The van der Waals surface area contributed by atoms with Crippen molar-refractivity contribution in [3.8, 4) is 0 Å². The second-order valence-electron chi connectivity index (χ2n) is 5.35. The maximum absolute atomic E-state index is 2.32. The largest absolute Gasteiger partial charge is 0.285 e. The summed E-state index contributed by atoms with van der Waals surface area (Å²) < 4.78 is 4.34. The van der Waals surface area contributed by atoms with Crippen molar-refractivity contribution in [2.24, 2.45) is 20.0 Å². The first-order chi connectivity index (χ1) is 9.24. The molecule has 0 unspecified atom stereocenters. The molecule has 1 aromatic heterocycles. The average molecular weight is 250 g/mol. The van der Waals surface area contributed by atoms with E-state index >= 15 is 0 Å². The summed E-state index contributed by atoms with van der Waals surface area (Å²) in [4.78, 5) is 0. The first-order valence-electron chi connectivity index (χ1n) is 6.86. The van der Waals surface area contributed by atoms with E-state index in [1.54, 1.807) is 0 Å². The molecule has 2 nitrogen and oxygen atoms in total. The molecule has 0 bridgehead atoms. The van der Waals surface area contributed by atoms with Crippen LogP contribution in [0.3, 0.4) is 0 Å². The number of imidazole rings is 1. The minimum atomic E-state index is 0.745. The zero-order chi connectivity index (χ0) is 13.2. The fourth-order valence-electron chi connectivity index (χ4n) is 2.39. The van der Waals surface area contributed by atoms with E-state index in [0.717, 1.165) is 5.92 Å². The van der Waals surface area contributed by atoms with Crippen molar-refractivity contribution in [2.75, 3.05) is 0 Å². The van der Waals surface area contributed by atoms with Crippen molar-refractivity contribution >= 4 is 19.1 Å². The number of rotatable bonds is 4. The van der Waals surface area contributed by atoms with Gasteiger partial charge in [-0.15, -0.1) is 0 Å². The second-order valence-corrected chi connectivity index (χ2v) is 5.35. The minimum Gasteiger partial charge on any atom is -0.285 e. The van der Waals surface area contributed by atoms with Crippen LogP contribution in [0.5, 0.6) is 0 Å². The Morgan fingerprint density at radius 2 is 2.05 bits per heavy atom. The monoisotopic (exact) mass is 250 g/mol. The van der Waals surface area contributed by atoms with Gasteiger partial charge in [0.25, 0.3) is 0 Å². The lowest BCUT2D eigenvalue weighted by molar-refractivity contribution is -0.652. The van der Waals surface area contributed by atoms with Gasteiger partial charge in [-0.25, -0.2) is 0 Å². The van der Waals surface area contributed by atoms with Crippen molar-refractivity contribution < 1.29 is 4.57 Å². The van der Waals surface area contributed by atoms with E-state index in [-0.39, 0.29) is 0 Å². The first-order valence-corrected chi connectivity index (χ1v) is 6.86. The molecule has 1 heterocycles. The van der Waals surface area contributed by atoms with Gasteiger partial charge in [0, 0.05) is 5.72 Å². The number of aryl methyl sites for hydroxylation is 2. The molecule has 0 amide bonds. The maximum atomic E-state index is 2.32. The highest BCUT2D eigenvalue weighted by Crippen LogP contribution is 2.36. The van der Waals surface area contributed by atoms with Gasteiger partial charge >= 0.3 is 0 Å². The van der Waals surface area contributed by atoms with Gasteiger partial charge in [0.1, 0.15) is 12.4 Å². The summed E-state index contributed by atoms with van der Waals surface area (Å²) in [6.45, 7) is 0. The third-order valence-corrected chi connectivity index (χ3v) is 3.71. The third-order valence-electron chi connectivity index (χ3n) is 3.71. The van der Waals surface area contributed by atoms with E-state index < -0.39 is 0 Å². The van der Waals surface area contributed by atoms with Gasteiger partial charge in [0.2, 0.25) is 0 Å². The Bertz CT molecular complexity index is 575. The number of benzene rings is 1. The Labute approximate surface area is 115 Å². The Hall–Kier alpha value is -1.77. The standard InChI is InChI=1S/C16H19BN2/c1-18-10-11-19(2)16(18)17-15(14-8-9-14)12-13-6-4-3-5-7-13/h3-7,10-12,14H,8-9H2,1-2H3/b15-12-. The lowest BCUT2D eigenvalue weighted by atomic mass is 9.65. The molecule has 0 atom stereocenters. The first kappa shape index (κ1) is 12.3. The van der Waals surface area contributed by atoms with Crippen LogP contribution in [0.1, 0.15) is 18.4 Å². The molecule has 19 heavy (non-hydrogen) atoms. The smallest absolute Gasteiger partial charge is 0.125 e. The molecule has 1 aromatic carbocycles. The molecule has 1 aliphatic rings. The molecule has 0 aliphatic heterocycles. The maximum Gasteiger partial charge on any atom is 0.125 e. The highest BCUT2D eigenvalue weighted by Gasteiger charge is 2.20. The SMILES string of the molecule is Cn1cc[n+](C)c1[B-]/C(=C\c1ccccc1)C1CC1. The van der Waals surface area contributed by atoms with Gasteiger partial charge < -0.3 is 0 Å². The summed E-state index contributed by atoms with van der Waals surface area (Å²) >= 11 is 0. The Balaban J connectivity index is 1.88. The fourth-order valence-corrected chi connectivity index (χ4v) is 2.39. The van der Waals surface area contributed by atoms with Gasteiger partial charge in [-0.05, 0) is 18.4 Å². The van der Waals surface area contributed by atoms with Crippen molar-refractivity contribution in [3.05, 3.63) is 53.8 Å². The van der Waals surface area contributed by atoms with Crippen molar-refractivity contribution in [2.45, 2.75) is 12.8 Å². The van der Waals surface area contributed by atoms with Crippen LogP contribution in [0, 0.1) is 5.92 Å². The normalized spacial score (nSPS) is 15.8. The van der Waals surface area contributed by atoms with Crippen molar-refractivity contribution in [3.63, 3.8) is 0 Å². The van der Waals surface area contributed by atoms with Gasteiger partial charge in [-0.3, -0.25) is 14.6 Å². The van der Waals surface area contributed by atoms with Crippen molar-refractivity contribution in [1.82, 2.24) is 4.57 Å². The predicted octanol–water partition coefficient (Wildman–Crippen LogP) is 1.63. The molecule has 1 aliphatic carbocycles. The highest BCUT2D eigenvalue weighted by atomic mass is 15.1. The summed E-state index contributed by atoms with van der Waals surface area (Å²) in [5, 5.41) is 0. The van der Waals surface area contributed by atoms with Gasteiger partial charge in [0.15, 0.2) is 0 Å². The molecule has 3 heteroatoms. The number of hydrogen-bond acceptors (Lipinski definition) is 0. The molecule has 2 radical (unpaired) electrons. The Morgan fingerprint density at radius 1 is 1.32 bits per heavy atom. The minimum absolute atomic E-state index is 0.745. The number of allylic oxidation sites excluding steroid dienone is 1. The van der Waals surface area contributed by atoms with Crippen LogP contribution >= 0.6 is 0 Å². The summed E-state index contributed by atoms with van der Waals surface area (Å²) in [5.74, 6) is 0.745. The third kappa shape index (κ3) is 2.81. The van der Waals surface area contributed by atoms with Gasteiger partial charge in [-0.1, -0.05) is 42.3 Å². The average Bonchev–Trinajstić information content (AvgIpc) is 3.21. The van der Waals surface area contributed by atoms with Crippen LogP contribution < -0.4 is 10.3 Å². The van der Waals surface area contributed by atoms with Crippen molar-refractivity contribution in [1.29, 1.82) is 0 Å². The quantitative estimate of drug-likeness (QED) is 0.576. The Kier molecular flexibility index (Phi) is 3.28. The molecule has 0 saturated heterocycles. The zero-order valence-corrected chi connectivity index (χ0v) is 11.6. The molecule has 2 aromatic rings. The van der Waals surface area contributed by atoms with Crippen LogP contribution in [-0.2, 0) is 14.1 Å². The second kappa shape index (κ2) is 5.08. The molecule has 96 valence electrons. The van der Waals surface area contributed by atoms with Crippen LogP contribution in [0.4, 0.5) is 0 Å². The number of nitrogens with zero attached hydrogens (tertiary/aromatic N) is 2. The molecule has 3 rings (SSSR count). The molecule has 1 saturated carbocycles. The lowest BCUT2D eigenvalue weighted by Crippen LogP contribution is -2.50. The molecular weight excluding hydrogens is 231 g/mol. The predicted molar refractivity (Wildman–Crippen MR) is 79.1 cm³/mol. The highest BCUT2D eigenvalue weighted by molar-refractivity contribution is 6.59. The van der Waals surface area contributed by atoms with E-state index in [4.69, 9.17) is 0 Å². The molecule has 1 fully saturated rings. The molecular formula is C16H19BN2. The molecule has 0 spiro atoms. The topological polar surface area (TPSA) is 8.81 Å². The molecule has 0 N–H and O–H groups in total. The lowest BCUT2D eigenvalue weighted by Gasteiger charge is -2.19. The van der Waals surface area contributed by atoms with Crippen LogP contribution in [0.15, 0.2) is 48.2 Å². The van der Waals surface area contributed by atoms with E-state index in [1.807, 2.05) is 0 Å². The van der Waals surface area contributed by atoms with E-state index in [9.17, 15) is 0 Å². The summed E-state index contributed by atoms with van der Waals surface area (Å²) in [5.41, 5.74) is 3.98. The van der Waals surface area contributed by atoms with Gasteiger partial charge in [-0.2, -0.15) is 7.28 Å². The number of hydrogen-bond donors (Lipinski definition) is 0. The van der Waals surface area contributed by atoms with Gasteiger partial charge in [0.05, 0.1) is 14.1 Å². The summed E-state index contributed by atoms with van der Waals surface area (Å²) in [7, 11) is 6.52. The number of aromatic nitrogens is 2. The zero-order valence-electron chi connectivity index (χ0n) is 11.6. The van der Waals surface area contributed by atoms with E-state index in [0.29, 0.717) is 0 Å².